The minimum atomic E-state index is 0.485. The van der Waals surface area contributed by atoms with Crippen LogP contribution in [-0.4, -0.2) is 7.11 Å². The molecular weight excluding hydrogens is 382 g/mol. The molecule has 25 heavy (non-hydrogen) atoms. The number of nitrogens with one attached hydrogen (secondary N) is 1. The van der Waals surface area contributed by atoms with E-state index in [0.717, 1.165) is 27.1 Å². The summed E-state index contributed by atoms with van der Waals surface area (Å²) in [6.45, 7) is 1.76. The predicted octanol–water partition coefficient (Wildman–Crippen LogP) is 4.92. The highest BCUT2D eigenvalue weighted by Crippen LogP contribution is 2.36. The number of furan rings is 1. The normalized spacial score (nSPS) is 10.6. The first-order valence-electron chi connectivity index (χ1n) is 8.03. The number of hydrogen-bond acceptors (Lipinski definition) is 4. The lowest BCUT2D eigenvalue weighted by atomic mass is 10.1. The molecule has 0 spiro atoms. The molecule has 0 aliphatic carbocycles. The maximum Gasteiger partial charge on any atom is 0.167 e. The van der Waals surface area contributed by atoms with Gasteiger partial charge in [0, 0.05) is 16.6 Å². The van der Waals surface area contributed by atoms with Crippen LogP contribution in [0.1, 0.15) is 16.9 Å². The monoisotopic (exact) mass is 401 g/mol. The van der Waals surface area contributed by atoms with Gasteiger partial charge in [-0.2, -0.15) is 0 Å². The van der Waals surface area contributed by atoms with Crippen molar-refractivity contribution in [2.45, 2.75) is 19.7 Å². The van der Waals surface area contributed by atoms with Crippen molar-refractivity contribution < 1.29 is 13.9 Å². The Morgan fingerprint density at radius 3 is 2.56 bits per heavy atom. The zero-order valence-corrected chi connectivity index (χ0v) is 15.6. The molecule has 0 aliphatic heterocycles. The van der Waals surface area contributed by atoms with Gasteiger partial charge in [-0.3, -0.25) is 0 Å². The molecule has 0 atom stereocenters. The lowest BCUT2D eigenvalue weighted by molar-refractivity contribution is 0.280. The van der Waals surface area contributed by atoms with Crippen LogP contribution in [0.2, 0.25) is 0 Å². The molecular formula is C20H20BrNO3. The Labute approximate surface area is 155 Å². The molecule has 0 radical (unpaired) electrons. The molecule has 0 saturated carbocycles. The van der Waals surface area contributed by atoms with E-state index in [1.54, 1.807) is 13.4 Å². The highest BCUT2D eigenvalue weighted by molar-refractivity contribution is 9.10. The zero-order valence-electron chi connectivity index (χ0n) is 14.0. The van der Waals surface area contributed by atoms with Gasteiger partial charge in [0.15, 0.2) is 11.5 Å². The van der Waals surface area contributed by atoms with E-state index in [0.29, 0.717) is 25.4 Å². The van der Waals surface area contributed by atoms with Crippen LogP contribution < -0.4 is 14.8 Å². The molecule has 0 amide bonds. The topological polar surface area (TPSA) is 43.6 Å². The third-order valence-corrected chi connectivity index (χ3v) is 4.54. The second-order valence-electron chi connectivity index (χ2n) is 5.51. The molecule has 0 fully saturated rings. The van der Waals surface area contributed by atoms with Gasteiger partial charge in [-0.1, -0.05) is 46.3 Å². The summed E-state index contributed by atoms with van der Waals surface area (Å²) in [7, 11) is 1.65. The quantitative estimate of drug-likeness (QED) is 0.581. The number of methoxy groups -OCH3 is 1. The van der Waals surface area contributed by atoms with Crippen LogP contribution in [0.3, 0.4) is 0 Å². The van der Waals surface area contributed by atoms with Crippen molar-refractivity contribution in [2.75, 3.05) is 7.11 Å². The van der Waals surface area contributed by atoms with Crippen molar-refractivity contribution in [2.24, 2.45) is 0 Å². The van der Waals surface area contributed by atoms with E-state index in [4.69, 9.17) is 13.9 Å². The first kappa shape index (κ1) is 17.6. The summed E-state index contributed by atoms with van der Waals surface area (Å²) in [6, 6.07) is 17.8. The lowest BCUT2D eigenvalue weighted by Crippen LogP contribution is -2.14. The molecule has 130 valence electrons. The Morgan fingerprint density at radius 1 is 1.00 bits per heavy atom. The van der Waals surface area contributed by atoms with Crippen LogP contribution >= 0.6 is 15.9 Å². The number of hydrogen-bond donors (Lipinski definition) is 1. The van der Waals surface area contributed by atoms with E-state index in [9.17, 15) is 0 Å². The molecule has 0 aliphatic rings. The standard InChI is InChI=1S/C20H20BrNO3/c1-23-19-10-9-18(21)17(13-22-12-16-8-5-11-24-16)20(19)25-14-15-6-3-2-4-7-15/h2-11,22H,12-14H2,1H3. The Bertz CT molecular complexity index is 788. The zero-order chi connectivity index (χ0) is 17.5. The maximum absolute atomic E-state index is 6.10. The van der Waals surface area contributed by atoms with Crippen LogP contribution in [0.25, 0.3) is 0 Å². The van der Waals surface area contributed by atoms with E-state index in [1.165, 1.54) is 0 Å². The summed E-state index contributed by atoms with van der Waals surface area (Å²) < 4.78 is 17.9. The van der Waals surface area contributed by atoms with E-state index in [2.05, 4.69) is 21.2 Å². The molecule has 1 N–H and O–H groups in total. The Morgan fingerprint density at radius 2 is 1.84 bits per heavy atom. The number of ether oxygens (including phenoxy) is 2. The fourth-order valence-electron chi connectivity index (χ4n) is 2.52. The van der Waals surface area contributed by atoms with Gasteiger partial charge in [0.05, 0.1) is 19.9 Å². The van der Waals surface area contributed by atoms with E-state index in [-0.39, 0.29) is 0 Å². The first-order valence-corrected chi connectivity index (χ1v) is 8.82. The largest absolute Gasteiger partial charge is 0.493 e. The molecule has 3 rings (SSSR count). The minimum absolute atomic E-state index is 0.485. The van der Waals surface area contributed by atoms with Crippen molar-refractivity contribution in [3.63, 3.8) is 0 Å². The van der Waals surface area contributed by atoms with Gasteiger partial charge in [-0.15, -0.1) is 0 Å². The van der Waals surface area contributed by atoms with Crippen LogP contribution in [0, 0.1) is 0 Å². The number of benzene rings is 2. The van der Waals surface area contributed by atoms with Crippen LogP contribution in [0.4, 0.5) is 0 Å². The molecule has 5 heteroatoms. The summed E-state index contributed by atoms with van der Waals surface area (Å²) >= 11 is 3.62. The average molecular weight is 402 g/mol. The van der Waals surface area contributed by atoms with Gasteiger partial charge in [-0.25, -0.2) is 0 Å². The molecule has 3 aromatic rings. The fraction of sp³-hybridized carbons (Fsp3) is 0.200. The van der Waals surface area contributed by atoms with Crippen LogP contribution in [0.5, 0.6) is 11.5 Å². The van der Waals surface area contributed by atoms with Gasteiger partial charge in [0.1, 0.15) is 12.4 Å². The lowest BCUT2D eigenvalue weighted by Gasteiger charge is -2.17. The third kappa shape index (κ3) is 4.65. The maximum atomic E-state index is 6.10. The Hall–Kier alpha value is -2.24. The van der Waals surface area contributed by atoms with Gasteiger partial charge >= 0.3 is 0 Å². The number of halogens is 1. The molecule has 1 aromatic heterocycles. The smallest absolute Gasteiger partial charge is 0.167 e. The van der Waals surface area contributed by atoms with Gasteiger partial charge in [-0.05, 0) is 29.8 Å². The summed E-state index contributed by atoms with van der Waals surface area (Å²) in [4.78, 5) is 0. The van der Waals surface area contributed by atoms with Gasteiger partial charge in [0.25, 0.3) is 0 Å². The van der Waals surface area contributed by atoms with Crippen molar-refractivity contribution in [3.05, 3.63) is 82.2 Å². The van der Waals surface area contributed by atoms with E-state index >= 15 is 0 Å². The van der Waals surface area contributed by atoms with Crippen molar-refractivity contribution in [3.8, 4) is 11.5 Å². The molecule has 0 saturated heterocycles. The number of rotatable bonds is 8. The Balaban J connectivity index is 1.75. The SMILES string of the molecule is COc1ccc(Br)c(CNCc2ccco2)c1OCc1ccccc1. The van der Waals surface area contributed by atoms with Crippen molar-refractivity contribution >= 4 is 15.9 Å². The fourth-order valence-corrected chi connectivity index (χ4v) is 2.97. The predicted molar refractivity (Wildman–Crippen MR) is 101 cm³/mol. The van der Waals surface area contributed by atoms with Gasteiger partial charge in [0.2, 0.25) is 0 Å². The highest BCUT2D eigenvalue weighted by atomic mass is 79.9. The van der Waals surface area contributed by atoms with Crippen LogP contribution in [-0.2, 0) is 19.7 Å². The van der Waals surface area contributed by atoms with Gasteiger partial charge < -0.3 is 19.2 Å². The summed E-state index contributed by atoms with van der Waals surface area (Å²) in [6.07, 6.45) is 1.67. The third-order valence-electron chi connectivity index (χ3n) is 3.79. The molecule has 2 aromatic carbocycles. The second kappa shape index (κ2) is 8.74. The molecule has 4 nitrogen and oxygen atoms in total. The molecule has 0 unspecified atom stereocenters. The highest BCUT2D eigenvalue weighted by Gasteiger charge is 2.15. The minimum Gasteiger partial charge on any atom is -0.493 e. The van der Waals surface area contributed by atoms with E-state index in [1.807, 2.05) is 54.6 Å². The summed E-state index contributed by atoms with van der Waals surface area (Å²) in [5, 5.41) is 3.38. The summed E-state index contributed by atoms with van der Waals surface area (Å²) in [5.41, 5.74) is 2.13. The van der Waals surface area contributed by atoms with E-state index < -0.39 is 0 Å². The Kier molecular flexibility index (Phi) is 6.14. The average Bonchev–Trinajstić information content (AvgIpc) is 3.16. The summed E-state index contributed by atoms with van der Waals surface area (Å²) in [5.74, 6) is 2.35. The molecule has 0 bridgehead atoms. The molecule has 1 heterocycles. The van der Waals surface area contributed by atoms with Crippen molar-refractivity contribution in [1.82, 2.24) is 5.32 Å². The first-order chi connectivity index (χ1) is 12.3. The van der Waals surface area contributed by atoms with Crippen LogP contribution in [0.15, 0.2) is 69.8 Å². The second-order valence-corrected chi connectivity index (χ2v) is 6.37. The van der Waals surface area contributed by atoms with Crippen molar-refractivity contribution in [1.29, 1.82) is 0 Å².